The number of benzene rings is 1. The van der Waals surface area contributed by atoms with E-state index in [2.05, 4.69) is 25.5 Å². The number of rotatable bonds is 9. The highest BCUT2D eigenvalue weighted by atomic mass is 16.5. The fourth-order valence-electron chi connectivity index (χ4n) is 3.16. The molecule has 9 nitrogen and oxygen atoms in total. The number of methoxy groups -OCH3 is 2. The van der Waals surface area contributed by atoms with Crippen LogP contribution in [0.25, 0.3) is 6.08 Å². The van der Waals surface area contributed by atoms with Gasteiger partial charge in [0, 0.05) is 38.3 Å². The molecule has 166 valence electrons. The Morgan fingerprint density at radius 3 is 2.65 bits per heavy atom. The Kier molecular flexibility index (Phi) is 8.05. The van der Waals surface area contributed by atoms with Gasteiger partial charge in [-0.3, -0.25) is 4.79 Å². The Bertz CT molecular complexity index is 913. The van der Waals surface area contributed by atoms with Crippen LogP contribution in [0.3, 0.4) is 0 Å². The first kappa shape index (κ1) is 22.4. The Morgan fingerprint density at radius 1 is 1.13 bits per heavy atom. The van der Waals surface area contributed by atoms with Gasteiger partial charge in [-0.2, -0.15) is 0 Å². The molecule has 0 unspecified atom stereocenters. The van der Waals surface area contributed by atoms with Crippen LogP contribution in [-0.4, -0.2) is 69.5 Å². The zero-order valence-corrected chi connectivity index (χ0v) is 18.2. The lowest BCUT2D eigenvalue weighted by atomic mass is 10.2. The maximum absolute atomic E-state index is 12.1. The number of carbonyl (C=O) groups excluding carboxylic acids is 1. The third-order valence-corrected chi connectivity index (χ3v) is 4.72. The minimum Gasteiger partial charge on any atom is -0.493 e. The zero-order chi connectivity index (χ0) is 22.1. The van der Waals surface area contributed by atoms with Crippen molar-refractivity contribution in [3.63, 3.8) is 0 Å². The van der Waals surface area contributed by atoms with Gasteiger partial charge in [0.05, 0.1) is 27.4 Å². The molecule has 2 heterocycles. The molecule has 1 saturated heterocycles. The summed E-state index contributed by atoms with van der Waals surface area (Å²) in [5, 5.41) is 6.10. The first-order chi connectivity index (χ1) is 15.1. The second-order valence-electron chi connectivity index (χ2n) is 6.92. The lowest BCUT2D eigenvalue weighted by molar-refractivity contribution is -0.116. The Labute approximate surface area is 182 Å². The predicted octanol–water partition coefficient (Wildman–Crippen LogP) is 1.88. The molecule has 0 spiro atoms. The zero-order valence-electron chi connectivity index (χ0n) is 18.2. The standard InChI is InChI=1S/C22H29N5O4/c1-16-25-20(15-21(26-16)27-10-12-31-13-11-27)23-8-9-24-22(28)7-5-17-4-6-18(29-2)19(14-17)30-3/h4-7,14-15H,8-13H2,1-3H3,(H,24,28)(H,23,25,26)/b7-5+. The van der Waals surface area contributed by atoms with Crippen LogP contribution < -0.4 is 25.0 Å². The third-order valence-electron chi connectivity index (χ3n) is 4.72. The van der Waals surface area contributed by atoms with Gasteiger partial charge in [-0.15, -0.1) is 0 Å². The summed E-state index contributed by atoms with van der Waals surface area (Å²) >= 11 is 0. The second-order valence-corrected chi connectivity index (χ2v) is 6.92. The number of carbonyl (C=O) groups is 1. The van der Waals surface area contributed by atoms with E-state index < -0.39 is 0 Å². The van der Waals surface area contributed by atoms with Crippen molar-refractivity contribution in [2.45, 2.75) is 6.92 Å². The lowest BCUT2D eigenvalue weighted by Crippen LogP contribution is -2.37. The van der Waals surface area contributed by atoms with Gasteiger partial charge in [0.25, 0.3) is 0 Å². The average Bonchev–Trinajstić information content (AvgIpc) is 2.80. The van der Waals surface area contributed by atoms with Crippen molar-refractivity contribution in [2.24, 2.45) is 0 Å². The maximum atomic E-state index is 12.1. The highest BCUT2D eigenvalue weighted by molar-refractivity contribution is 5.91. The smallest absolute Gasteiger partial charge is 0.244 e. The van der Waals surface area contributed by atoms with E-state index in [0.29, 0.717) is 43.6 Å². The molecule has 2 aromatic rings. The normalized spacial score (nSPS) is 13.8. The van der Waals surface area contributed by atoms with Gasteiger partial charge < -0.3 is 29.7 Å². The molecule has 1 aliphatic rings. The number of nitrogens with zero attached hydrogens (tertiary/aromatic N) is 3. The van der Waals surface area contributed by atoms with E-state index in [1.54, 1.807) is 26.4 Å². The van der Waals surface area contributed by atoms with Crippen LogP contribution in [0.5, 0.6) is 11.5 Å². The van der Waals surface area contributed by atoms with Crippen LogP contribution in [0.15, 0.2) is 30.3 Å². The summed E-state index contributed by atoms with van der Waals surface area (Å²) in [4.78, 5) is 23.2. The molecular formula is C22H29N5O4. The van der Waals surface area contributed by atoms with E-state index in [1.807, 2.05) is 25.1 Å². The fraction of sp³-hybridized carbons (Fsp3) is 0.409. The van der Waals surface area contributed by atoms with Crippen molar-refractivity contribution in [2.75, 3.05) is 63.8 Å². The summed E-state index contributed by atoms with van der Waals surface area (Å²) in [6, 6.07) is 7.40. The summed E-state index contributed by atoms with van der Waals surface area (Å²) in [5.74, 6) is 3.42. The van der Waals surface area contributed by atoms with Crippen molar-refractivity contribution in [1.82, 2.24) is 15.3 Å². The number of aryl methyl sites for hydroxylation is 1. The van der Waals surface area contributed by atoms with Gasteiger partial charge in [-0.1, -0.05) is 6.07 Å². The maximum Gasteiger partial charge on any atom is 0.244 e. The van der Waals surface area contributed by atoms with Crippen molar-refractivity contribution >= 4 is 23.6 Å². The van der Waals surface area contributed by atoms with Crippen LogP contribution in [0, 0.1) is 6.92 Å². The number of nitrogens with one attached hydrogen (secondary N) is 2. The molecule has 0 atom stereocenters. The van der Waals surface area contributed by atoms with E-state index >= 15 is 0 Å². The molecule has 1 aromatic heterocycles. The molecule has 0 saturated carbocycles. The first-order valence-electron chi connectivity index (χ1n) is 10.2. The molecule has 1 fully saturated rings. The van der Waals surface area contributed by atoms with Crippen molar-refractivity contribution in [3.8, 4) is 11.5 Å². The van der Waals surface area contributed by atoms with Crippen LogP contribution in [0.4, 0.5) is 11.6 Å². The van der Waals surface area contributed by atoms with Crippen LogP contribution >= 0.6 is 0 Å². The second kappa shape index (κ2) is 11.2. The number of ether oxygens (including phenoxy) is 3. The summed E-state index contributed by atoms with van der Waals surface area (Å²) in [6.07, 6.45) is 3.22. The van der Waals surface area contributed by atoms with E-state index in [4.69, 9.17) is 14.2 Å². The molecule has 0 bridgehead atoms. The monoisotopic (exact) mass is 427 g/mol. The first-order valence-corrected chi connectivity index (χ1v) is 10.2. The Morgan fingerprint density at radius 2 is 1.90 bits per heavy atom. The third kappa shape index (κ3) is 6.58. The van der Waals surface area contributed by atoms with Crippen molar-refractivity contribution < 1.29 is 19.0 Å². The molecule has 0 aliphatic carbocycles. The summed E-state index contributed by atoms with van der Waals surface area (Å²) in [5.41, 5.74) is 0.845. The minimum absolute atomic E-state index is 0.176. The number of amides is 1. The minimum atomic E-state index is -0.176. The summed E-state index contributed by atoms with van der Waals surface area (Å²) < 4.78 is 15.9. The number of hydrogen-bond acceptors (Lipinski definition) is 8. The fourth-order valence-corrected chi connectivity index (χ4v) is 3.16. The van der Waals surface area contributed by atoms with Crippen molar-refractivity contribution in [1.29, 1.82) is 0 Å². The van der Waals surface area contributed by atoms with Crippen LogP contribution in [0.2, 0.25) is 0 Å². The van der Waals surface area contributed by atoms with E-state index in [0.717, 1.165) is 30.3 Å². The van der Waals surface area contributed by atoms with Gasteiger partial charge in [-0.05, 0) is 30.7 Å². The SMILES string of the molecule is COc1ccc(/C=C/C(=O)NCCNc2cc(N3CCOCC3)nc(C)n2)cc1OC. The predicted molar refractivity (Wildman–Crippen MR) is 120 cm³/mol. The molecular weight excluding hydrogens is 398 g/mol. The molecule has 3 rings (SSSR count). The molecule has 1 aromatic carbocycles. The Hall–Kier alpha value is -3.33. The quantitative estimate of drug-likeness (QED) is 0.462. The summed E-state index contributed by atoms with van der Waals surface area (Å²) in [7, 11) is 3.16. The van der Waals surface area contributed by atoms with Gasteiger partial charge >= 0.3 is 0 Å². The molecule has 1 aliphatic heterocycles. The van der Waals surface area contributed by atoms with Gasteiger partial charge in [0.2, 0.25) is 5.91 Å². The topological polar surface area (TPSA) is 97.8 Å². The largest absolute Gasteiger partial charge is 0.493 e. The van der Waals surface area contributed by atoms with E-state index in [-0.39, 0.29) is 5.91 Å². The number of hydrogen-bond donors (Lipinski definition) is 2. The lowest BCUT2D eigenvalue weighted by Gasteiger charge is -2.28. The van der Waals surface area contributed by atoms with Gasteiger partial charge in [-0.25, -0.2) is 9.97 Å². The molecule has 0 radical (unpaired) electrons. The number of morpholine rings is 1. The summed E-state index contributed by atoms with van der Waals surface area (Å²) in [6.45, 7) is 5.93. The molecule has 31 heavy (non-hydrogen) atoms. The highest BCUT2D eigenvalue weighted by Crippen LogP contribution is 2.27. The van der Waals surface area contributed by atoms with E-state index in [9.17, 15) is 4.79 Å². The highest BCUT2D eigenvalue weighted by Gasteiger charge is 2.14. The molecule has 1 amide bonds. The average molecular weight is 428 g/mol. The Balaban J connectivity index is 1.46. The van der Waals surface area contributed by atoms with Crippen molar-refractivity contribution in [3.05, 3.63) is 41.7 Å². The van der Waals surface area contributed by atoms with Gasteiger partial charge in [0.15, 0.2) is 11.5 Å². The van der Waals surface area contributed by atoms with Crippen LogP contribution in [0.1, 0.15) is 11.4 Å². The van der Waals surface area contributed by atoms with Gasteiger partial charge in [0.1, 0.15) is 17.5 Å². The van der Waals surface area contributed by atoms with E-state index in [1.165, 1.54) is 6.08 Å². The molecule has 2 N–H and O–H groups in total. The number of aromatic nitrogens is 2. The molecule has 9 heteroatoms. The van der Waals surface area contributed by atoms with Crippen LogP contribution in [-0.2, 0) is 9.53 Å². The number of anilines is 2.